The van der Waals surface area contributed by atoms with E-state index in [1.54, 1.807) is 24.6 Å². The van der Waals surface area contributed by atoms with Gasteiger partial charge in [-0.1, -0.05) is 13.8 Å². The highest BCUT2D eigenvalue weighted by molar-refractivity contribution is 7.86. The maximum Gasteiger partial charge on any atom is 0.282 e. The van der Waals surface area contributed by atoms with E-state index in [0.717, 1.165) is 11.3 Å². The van der Waals surface area contributed by atoms with Crippen LogP contribution in [0.3, 0.4) is 0 Å². The lowest BCUT2D eigenvalue weighted by Gasteiger charge is -2.39. The van der Waals surface area contributed by atoms with Gasteiger partial charge in [0.15, 0.2) is 0 Å². The number of methoxy groups -OCH3 is 2. The number of nitrogens with zero attached hydrogens (tertiary/aromatic N) is 3. The Morgan fingerprint density at radius 1 is 1.11 bits per heavy atom. The third-order valence-electron chi connectivity index (χ3n) is 5.06. The summed E-state index contributed by atoms with van der Waals surface area (Å²) in [6.07, 6.45) is 1.99. The quantitative estimate of drug-likeness (QED) is 0.725. The summed E-state index contributed by atoms with van der Waals surface area (Å²) in [6.45, 7) is 5.61. The lowest BCUT2D eigenvalue weighted by molar-refractivity contribution is 0.266. The molecule has 1 aromatic carbocycles. The van der Waals surface area contributed by atoms with Crippen LogP contribution in [-0.2, 0) is 16.8 Å². The highest BCUT2D eigenvalue weighted by atomic mass is 32.2. The second-order valence-corrected chi connectivity index (χ2v) is 8.22. The minimum Gasteiger partial charge on any atom is -0.497 e. The molecule has 0 N–H and O–H groups in total. The van der Waals surface area contributed by atoms with Gasteiger partial charge in [-0.3, -0.25) is 0 Å². The third-order valence-corrected chi connectivity index (χ3v) is 7.21. The molecule has 0 bridgehead atoms. The van der Waals surface area contributed by atoms with E-state index in [9.17, 15) is 8.42 Å². The van der Waals surface area contributed by atoms with Crippen molar-refractivity contribution in [1.29, 1.82) is 0 Å². The van der Waals surface area contributed by atoms with Crippen molar-refractivity contribution in [2.45, 2.75) is 26.4 Å². The monoisotopic (exact) mass is 393 g/mol. The molecule has 2 aromatic rings. The first-order chi connectivity index (χ1) is 13.0. The molecule has 0 fully saturated rings. The lowest BCUT2D eigenvalue weighted by Crippen LogP contribution is -2.49. The van der Waals surface area contributed by atoms with Crippen LogP contribution in [-0.4, -0.2) is 55.4 Å². The molecule has 2 heterocycles. The molecule has 3 rings (SSSR count). The van der Waals surface area contributed by atoms with Crippen molar-refractivity contribution in [3.05, 3.63) is 47.8 Å². The Kier molecular flexibility index (Phi) is 5.78. The average molecular weight is 394 g/mol. The molecule has 0 saturated heterocycles. The molecule has 0 aliphatic carbocycles. The fourth-order valence-corrected chi connectivity index (χ4v) is 5.42. The van der Waals surface area contributed by atoms with Crippen molar-refractivity contribution in [2.24, 2.45) is 0 Å². The highest BCUT2D eigenvalue weighted by Gasteiger charge is 2.40. The third kappa shape index (κ3) is 3.44. The molecule has 1 aromatic heterocycles. The minimum atomic E-state index is -3.62. The van der Waals surface area contributed by atoms with Crippen LogP contribution in [0.2, 0.25) is 0 Å². The van der Waals surface area contributed by atoms with Crippen molar-refractivity contribution >= 4 is 10.2 Å². The van der Waals surface area contributed by atoms with Gasteiger partial charge in [0.25, 0.3) is 10.2 Å². The maximum atomic E-state index is 13.4. The molecular weight excluding hydrogens is 366 g/mol. The van der Waals surface area contributed by atoms with Crippen molar-refractivity contribution in [3.8, 4) is 11.5 Å². The van der Waals surface area contributed by atoms with Crippen LogP contribution in [0.25, 0.3) is 0 Å². The fraction of sp³-hybridized carbons (Fsp3) is 0.474. The molecule has 8 heteroatoms. The van der Waals surface area contributed by atoms with Gasteiger partial charge in [-0.2, -0.15) is 17.0 Å². The molecule has 1 unspecified atom stereocenters. The van der Waals surface area contributed by atoms with Crippen molar-refractivity contribution < 1.29 is 17.9 Å². The number of fused-ring (bicyclic) bond motifs is 1. The van der Waals surface area contributed by atoms with Gasteiger partial charge in [0, 0.05) is 49.7 Å². The number of hydrogen-bond donors (Lipinski definition) is 0. The second-order valence-electron chi connectivity index (χ2n) is 6.34. The Hall–Kier alpha value is -2.03. The van der Waals surface area contributed by atoms with Crippen molar-refractivity contribution in [3.63, 3.8) is 0 Å². The van der Waals surface area contributed by atoms with Gasteiger partial charge in [-0.25, -0.2) is 0 Å². The van der Waals surface area contributed by atoms with Crippen molar-refractivity contribution in [2.75, 3.05) is 33.9 Å². The average Bonchev–Trinajstić information content (AvgIpc) is 3.16. The Morgan fingerprint density at radius 2 is 1.85 bits per heavy atom. The number of hydrogen-bond acceptors (Lipinski definition) is 4. The smallest absolute Gasteiger partial charge is 0.282 e. The zero-order valence-corrected chi connectivity index (χ0v) is 17.1. The van der Waals surface area contributed by atoms with E-state index >= 15 is 0 Å². The Balaban J connectivity index is 2.16. The van der Waals surface area contributed by atoms with E-state index in [2.05, 4.69) is 4.57 Å². The van der Waals surface area contributed by atoms with Crippen LogP contribution in [0.4, 0.5) is 0 Å². The van der Waals surface area contributed by atoms with Gasteiger partial charge in [0.1, 0.15) is 11.5 Å². The van der Waals surface area contributed by atoms with Gasteiger partial charge >= 0.3 is 0 Å². The van der Waals surface area contributed by atoms with Gasteiger partial charge in [0.05, 0.1) is 20.3 Å². The Labute approximate surface area is 161 Å². The van der Waals surface area contributed by atoms with Gasteiger partial charge in [-0.15, -0.1) is 0 Å². The molecule has 0 saturated carbocycles. The first kappa shape index (κ1) is 19.7. The van der Waals surface area contributed by atoms with Crippen LogP contribution in [0.15, 0.2) is 36.5 Å². The van der Waals surface area contributed by atoms with E-state index in [4.69, 9.17) is 9.47 Å². The van der Waals surface area contributed by atoms with Crippen LogP contribution in [0, 0.1) is 0 Å². The number of ether oxygens (including phenoxy) is 2. The van der Waals surface area contributed by atoms with Gasteiger partial charge < -0.3 is 14.0 Å². The predicted molar refractivity (Wildman–Crippen MR) is 104 cm³/mol. The van der Waals surface area contributed by atoms with E-state index in [-0.39, 0.29) is 0 Å². The van der Waals surface area contributed by atoms with Crippen LogP contribution in [0.5, 0.6) is 11.5 Å². The molecule has 27 heavy (non-hydrogen) atoms. The highest BCUT2D eigenvalue weighted by Crippen LogP contribution is 2.40. The normalized spacial score (nSPS) is 17.7. The SMILES string of the molecule is CCN(CC)S(=O)(=O)N1CCn2cccc2C1c1ccc(OC)cc1OC. The lowest BCUT2D eigenvalue weighted by atomic mass is 10.0. The molecule has 0 spiro atoms. The largest absolute Gasteiger partial charge is 0.497 e. The summed E-state index contributed by atoms with van der Waals surface area (Å²) in [5.41, 5.74) is 1.73. The summed E-state index contributed by atoms with van der Waals surface area (Å²) in [5, 5.41) is 0. The number of aromatic nitrogens is 1. The van der Waals surface area contributed by atoms with E-state index in [0.29, 0.717) is 37.7 Å². The minimum absolute atomic E-state index is 0.403. The zero-order chi connectivity index (χ0) is 19.6. The van der Waals surface area contributed by atoms with Gasteiger partial charge in [0.2, 0.25) is 0 Å². The Bertz CT molecular complexity index is 890. The van der Waals surface area contributed by atoms with Crippen molar-refractivity contribution in [1.82, 2.24) is 13.2 Å². The summed E-state index contributed by atoms with van der Waals surface area (Å²) < 4.78 is 42.8. The summed E-state index contributed by atoms with van der Waals surface area (Å²) in [7, 11) is -0.435. The van der Waals surface area contributed by atoms with E-state index in [1.807, 2.05) is 44.3 Å². The molecular formula is C19H27N3O4S. The standard InChI is InChI=1S/C19H27N3O4S/c1-5-21(6-2)27(23,24)22-13-12-20-11-7-8-17(20)19(22)16-10-9-15(25-3)14-18(16)26-4/h7-11,14,19H,5-6,12-13H2,1-4H3. The second kappa shape index (κ2) is 7.92. The molecule has 1 atom stereocenters. The van der Waals surface area contributed by atoms with Crippen LogP contribution < -0.4 is 9.47 Å². The van der Waals surface area contributed by atoms with E-state index < -0.39 is 16.3 Å². The zero-order valence-electron chi connectivity index (χ0n) is 16.3. The molecule has 7 nitrogen and oxygen atoms in total. The maximum absolute atomic E-state index is 13.4. The molecule has 0 amide bonds. The first-order valence-electron chi connectivity index (χ1n) is 9.11. The molecule has 1 aliphatic rings. The van der Waals surface area contributed by atoms with E-state index in [1.165, 1.54) is 4.31 Å². The summed E-state index contributed by atoms with van der Waals surface area (Å²) >= 11 is 0. The first-order valence-corrected chi connectivity index (χ1v) is 10.5. The predicted octanol–water partition coefficient (Wildman–Crippen LogP) is 2.50. The number of rotatable bonds is 7. The molecule has 148 valence electrons. The number of benzene rings is 1. The topological polar surface area (TPSA) is 64.0 Å². The fourth-order valence-electron chi connectivity index (χ4n) is 3.67. The molecule has 1 aliphatic heterocycles. The van der Waals surface area contributed by atoms with Crippen LogP contribution >= 0.6 is 0 Å². The molecule has 0 radical (unpaired) electrons. The van der Waals surface area contributed by atoms with Crippen LogP contribution in [0.1, 0.15) is 31.1 Å². The summed E-state index contributed by atoms with van der Waals surface area (Å²) in [6, 6.07) is 8.97. The van der Waals surface area contributed by atoms with Gasteiger partial charge in [-0.05, 0) is 24.3 Å². The summed E-state index contributed by atoms with van der Waals surface area (Å²) in [5.74, 6) is 1.27. The summed E-state index contributed by atoms with van der Waals surface area (Å²) in [4.78, 5) is 0. The Morgan fingerprint density at radius 3 is 2.48 bits per heavy atom.